The zero-order valence-corrected chi connectivity index (χ0v) is 11.7. The van der Waals surface area contributed by atoms with Crippen LogP contribution in [0.4, 0.5) is 0 Å². The highest BCUT2D eigenvalue weighted by Crippen LogP contribution is 1.79. The van der Waals surface area contributed by atoms with Gasteiger partial charge in [-0.3, -0.25) is 9.59 Å². The van der Waals surface area contributed by atoms with Crippen molar-refractivity contribution in [2.45, 2.75) is 12.1 Å². The quantitative estimate of drug-likeness (QED) is 0.428. The Morgan fingerprint density at radius 3 is 1.22 bits per heavy atom. The summed E-state index contributed by atoms with van der Waals surface area (Å²) >= 11 is 0. The van der Waals surface area contributed by atoms with Gasteiger partial charge in [-0.05, 0) is 0 Å². The third-order valence-corrected chi connectivity index (χ3v) is 1.40. The van der Waals surface area contributed by atoms with Gasteiger partial charge in [-0.1, -0.05) is 0 Å². The van der Waals surface area contributed by atoms with Crippen LogP contribution in [0.5, 0.6) is 0 Å². The number of ether oxygens (including phenoxy) is 2. The van der Waals surface area contributed by atoms with E-state index in [0.717, 1.165) is 0 Å². The molecule has 0 bridgehead atoms. The lowest BCUT2D eigenvalue weighted by atomic mass is 10.3. The van der Waals surface area contributed by atoms with E-state index in [0.29, 0.717) is 0 Å². The van der Waals surface area contributed by atoms with Crippen molar-refractivity contribution in [3.8, 4) is 0 Å². The second-order valence-electron chi connectivity index (χ2n) is 2.62. The number of carbonyl (C=O) groups is 2. The lowest BCUT2D eigenvalue weighted by molar-refractivity contribution is -0.143. The molecule has 0 spiro atoms. The van der Waals surface area contributed by atoms with Gasteiger partial charge in [0, 0.05) is 0 Å². The molecule has 0 aliphatic carbocycles. The van der Waals surface area contributed by atoms with Crippen molar-refractivity contribution in [1.29, 1.82) is 0 Å². The molecule has 18 heavy (non-hydrogen) atoms. The summed E-state index contributed by atoms with van der Waals surface area (Å²) in [5.41, 5.74) is 10.0. The molecule has 0 fully saturated rings. The number of methoxy groups -OCH3 is 2. The molecule has 0 aliphatic heterocycles. The molecule has 112 valence electrons. The highest BCUT2D eigenvalue weighted by molar-refractivity contribution is 5.85. The van der Waals surface area contributed by atoms with Gasteiger partial charge in [0.05, 0.1) is 27.4 Å². The van der Waals surface area contributed by atoms with E-state index in [9.17, 15) is 9.59 Å². The first-order valence-electron chi connectivity index (χ1n) is 4.33. The molecule has 0 saturated heterocycles. The molecule has 0 amide bonds. The topological polar surface area (TPSA) is 145 Å². The fourth-order valence-electron chi connectivity index (χ4n) is 0.452. The molecule has 0 rings (SSSR count). The first-order valence-corrected chi connectivity index (χ1v) is 4.33. The van der Waals surface area contributed by atoms with Crippen molar-refractivity contribution in [2.75, 3.05) is 27.4 Å². The summed E-state index contributed by atoms with van der Waals surface area (Å²) in [7, 11) is 2.44. The molecule has 2 atom stereocenters. The van der Waals surface area contributed by atoms with Gasteiger partial charge < -0.3 is 31.2 Å². The zero-order valence-electron chi connectivity index (χ0n) is 10.1. The van der Waals surface area contributed by atoms with E-state index >= 15 is 0 Å². The van der Waals surface area contributed by atoms with Crippen molar-refractivity contribution in [2.24, 2.45) is 11.5 Å². The van der Waals surface area contributed by atoms with Gasteiger partial charge in [-0.15, -0.1) is 24.8 Å². The minimum Gasteiger partial charge on any atom is -0.468 e. The number of hydrogen-bond donors (Lipinski definition) is 4. The van der Waals surface area contributed by atoms with Gasteiger partial charge >= 0.3 is 11.9 Å². The Hall–Kier alpha value is -0.640. The van der Waals surface area contributed by atoms with E-state index < -0.39 is 24.0 Å². The second kappa shape index (κ2) is 16.4. The van der Waals surface area contributed by atoms with Gasteiger partial charge in [-0.25, -0.2) is 0 Å². The second-order valence-corrected chi connectivity index (χ2v) is 2.62. The number of hydrogen-bond acceptors (Lipinski definition) is 8. The first-order chi connectivity index (χ1) is 7.44. The smallest absolute Gasteiger partial charge is 0.325 e. The van der Waals surface area contributed by atoms with Crippen molar-refractivity contribution in [3.05, 3.63) is 0 Å². The predicted molar refractivity (Wildman–Crippen MR) is 68.7 cm³/mol. The molecule has 0 aromatic heterocycles. The molecule has 10 heteroatoms. The summed E-state index contributed by atoms with van der Waals surface area (Å²) in [6.45, 7) is -0.737. The van der Waals surface area contributed by atoms with E-state index in [1.54, 1.807) is 0 Å². The monoisotopic (exact) mass is 310 g/mol. The molecular weight excluding hydrogens is 291 g/mol. The standard InChI is InChI=1S/2C4H9NO3.2ClH/c2*1-8-4(7)3(5)2-6;;/h2*3,6H,2,5H2,1H3;2*1H/t2*3-;;/m11../s1. The van der Waals surface area contributed by atoms with E-state index in [2.05, 4.69) is 9.47 Å². The van der Waals surface area contributed by atoms with Crippen LogP contribution in [-0.2, 0) is 19.1 Å². The van der Waals surface area contributed by atoms with Crippen LogP contribution >= 0.6 is 24.8 Å². The van der Waals surface area contributed by atoms with Crippen LogP contribution in [0.25, 0.3) is 0 Å². The Bertz CT molecular complexity index is 198. The van der Waals surface area contributed by atoms with Crippen molar-refractivity contribution in [3.63, 3.8) is 0 Å². The fraction of sp³-hybridized carbons (Fsp3) is 0.750. The minimum atomic E-state index is -0.889. The molecule has 0 aromatic rings. The van der Waals surface area contributed by atoms with Crippen molar-refractivity contribution >= 4 is 36.8 Å². The normalized spacial score (nSPS) is 11.4. The number of rotatable bonds is 4. The Labute approximate surface area is 117 Å². The number of nitrogens with two attached hydrogens (primary N) is 2. The van der Waals surface area contributed by atoms with Crippen LogP contribution in [0.3, 0.4) is 0 Å². The largest absolute Gasteiger partial charge is 0.468 e. The molecule has 0 saturated carbocycles. The van der Waals surface area contributed by atoms with Gasteiger partial charge in [0.2, 0.25) is 0 Å². The lowest BCUT2D eigenvalue weighted by Crippen LogP contribution is -2.34. The highest BCUT2D eigenvalue weighted by atomic mass is 35.5. The van der Waals surface area contributed by atoms with Crippen LogP contribution in [-0.4, -0.2) is 61.7 Å². The van der Waals surface area contributed by atoms with Gasteiger partial charge in [0.25, 0.3) is 0 Å². The number of aliphatic hydroxyl groups excluding tert-OH is 2. The molecule has 0 radical (unpaired) electrons. The number of carbonyl (C=O) groups excluding carboxylic acids is 2. The first kappa shape index (κ1) is 26.0. The zero-order chi connectivity index (χ0) is 13.1. The third kappa shape index (κ3) is 13.4. The average Bonchev–Trinajstić information content (AvgIpc) is 2.35. The Balaban J connectivity index is -0.0000000980. The summed E-state index contributed by atoms with van der Waals surface area (Å²) in [4.78, 5) is 20.5. The summed E-state index contributed by atoms with van der Waals surface area (Å²) in [5.74, 6) is -1.18. The van der Waals surface area contributed by atoms with Crippen LogP contribution < -0.4 is 11.5 Å². The number of esters is 2. The van der Waals surface area contributed by atoms with Crippen molar-refractivity contribution in [1.82, 2.24) is 0 Å². The van der Waals surface area contributed by atoms with E-state index in [4.69, 9.17) is 21.7 Å². The molecule has 6 N–H and O–H groups in total. The van der Waals surface area contributed by atoms with Crippen LogP contribution in [0.1, 0.15) is 0 Å². The summed E-state index contributed by atoms with van der Waals surface area (Å²) in [5, 5.41) is 16.4. The molecule has 0 unspecified atom stereocenters. The van der Waals surface area contributed by atoms with E-state index in [-0.39, 0.29) is 38.0 Å². The molecule has 0 aliphatic rings. The maximum Gasteiger partial charge on any atom is 0.325 e. The SMILES string of the molecule is COC(=O)[C@H](N)CO.COC(=O)[C@H](N)CO.Cl.Cl. The summed E-state index contributed by atoms with van der Waals surface area (Å²) in [6.07, 6.45) is 0. The summed E-state index contributed by atoms with van der Waals surface area (Å²) in [6, 6.07) is -1.78. The maximum absolute atomic E-state index is 10.2. The number of aliphatic hydroxyl groups is 2. The average molecular weight is 311 g/mol. The Morgan fingerprint density at radius 2 is 1.17 bits per heavy atom. The third-order valence-electron chi connectivity index (χ3n) is 1.40. The van der Waals surface area contributed by atoms with E-state index in [1.165, 1.54) is 14.2 Å². The molecule has 8 nitrogen and oxygen atoms in total. The summed E-state index contributed by atoms with van der Waals surface area (Å²) < 4.78 is 8.36. The molecule has 0 heterocycles. The fourth-order valence-corrected chi connectivity index (χ4v) is 0.452. The van der Waals surface area contributed by atoms with E-state index in [1.807, 2.05) is 0 Å². The van der Waals surface area contributed by atoms with Gasteiger partial charge in [0.1, 0.15) is 12.1 Å². The Kier molecular flexibility index (Phi) is 23.7. The van der Waals surface area contributed by atoms with Gasteiger partial charge in [0.15, 0.2) is 0 Å². The van der Waals surface area contributed by atoms with Crippen LogP contribution in [0, 0.1) is 0 Å². The van der Waals surface area contributed by atoms with Gasteiger partial charge in [-0.2, -0.15) is 0 Å². The molecule has 0 aromatic carbocycles. The minimum absolute atomic E-state index is 0. The maximum atomic E-state index is 10.2. The number of halogens is 2. The van der Waals surface area contributed by atoms with Crippen molar-refractivity contribution < 1.29 is 29.3 Å². The molecular formula is C8H20Cl2N2O6. The van der Waals surface area contributed by atoms with Crippen LogP contribution in [0.2, 0.25) is 0 Å². The predicted octanol–water partition coefficient (Wildman–Crippen LogP) is -2.20. The lowest BCUT2D eigenvalue weighted by Gasteiger charge is -2.02. The van der Waals surface area contributed by atoms with Crippen LogP contribution in [0.15, 0.2) is 0 Å². The highest BCUT2D eigenvalue weighted by Gasteiger charge is 2.10. The Morgan fingerprint density at radius 1 is 0.944 bits per heavy atom.